The normalized spacial score (nSPS) is 11.3. The Labute approximate surface area is 151 Å². The summed E-state index contributed by atoms with van der Waals surface area (Å²) in [6.07, 6.45) is 3.84. The molecule has 24 heavy (non-hydrogen) atoms. The van der Waals surface area contributed by atoms with E-state index in [-0.39, 0.29) is 0 Å². The molecule has 130 valence electrons. The molecule has 0 saturated heterocycles. The van der Waals surface area contributed by atoms with E-state index in [1.165, 1.54) is 0 Å². The molecule has 0 atom stereocenters. The second kappa shape index (κ2) is 11.8. The fourth-order valence-electron chi connectivity index (χ4n) is 1.93. The molecule has 2 rings (SSSR count). The van der Waals surface area contributed by atoms with Gasteiger partial charge < -0.3 is 15.4 Å². The largest absolute Gasteiger partial charge is 0.494 e. The molecule has 0 saturated carbocycles. The van der Waals surface area contributed by atoms with Crippen molar-refractivity contribution in [3.8, 4) is 5.75 Å². The number of thioether (sulfide) groups is 1. The number of ether oxygens (including phenoxy) is 1. The first-order valence-corrected chi connectivity index (χ1v) is 9.89. The summed E-state index contributed by atoms with van der Waals surface area (Å²) in [6.45, 7) is 2.43. The monoisotopic (exact) mass is 364 g/mol. The minimum Gasteiger partial charge on any atom is -0.494 e. The van der Waals surface area contributed by atoms with Gasteiger partial charge in [0.15, 0.2) is 5.96 Å². The molecule has 0 bridgehead atoms. The Bertz CT molecular complexity index is 576. The van der Waals surface area contributed by atoms with Gasteiger partial charge in [-0.1, -0.05) is 30.0 Å². The molecule has 0 fully saturated rings. The Morgan fingerprint density at radius 1 is 1.21 bits per heavy atom. The number of thiazole rings is 1. The van der Waals surface area contributed by atoms with Crippen LogP contribution < -0.4 is 15.4 Å². The zero-order valence-electron chi connectivity index (χ0n) is 13.9. The summed E-state index contributed by atoms with van der Waals surface area (Å²) in [6, 6.07) is 9.88. The van der Waals surface area contributed by atoms with Crippen LogP contribution in [0.15, 0.2) is 51.2 Å². The number of hydrogen-bond acceptors (Lipinski definition) is 5. The van der Waals surface area contributed by atoms with Crippen LogP contribution in [0, 0.1) is 0 Å². The summed E-state index contributed by atoms with van der Waals surface area (Å²) in [4.78, 5) is 8.49. The molecule has 2 N–H and O–H groups in total. The van der Waals surface area contributed by atoms with Crippen LogP contribution in [0.5, 0.6) is 5.75 Å². The number of aliphatic imine (C=N–C) groups is 1. The average Bonchev–Trinajstić information content (AvgIpc) is 3.14. The molecule has 1 aromatic carbocycles. The van der Waals surface area contributed by atoms with Gasteiger partial charge in [0.2, 0.25) is 0 Å². The number of benzene rings is 1. The van der Waals surface area contributed by atoms with E-state index >= 15 is 0 Å². The topological polar surface area (TPSA) is 58.5 Å². The zero-order valence-corrected chi connectivity index (χ0v) is 15.5. The van der Waals surface area contributed by atoms with Crippen molar-refractivity contribution in [2.45, 2.75) is 17.2 Å². The highest BCUT2D eigenvalue weighted by molar-refractivity contribution is 8.00. The molecule has 0 aliphatic rings. The summed E-state index contributed by atoms with van der Waals surface area (Å²) in [7, 11) is 1.79. The van der Waals surface area contributed by atoms with Crippen molar-refractivity contribution in [3.63, 3.8) is 0 Å². The van der Waals surface area contributed by atoms with E-state index in [4.69, 9.17) is 4.74 Å². The van der Waals surface area contributed by atoms with E-state index in [0.717, 1.165) is 47.7 Å². The average molecular weight is 365 g/mol. The third kappa shape index (κ3) is 7.70. The van der Waals surface area contributed by atoms with E-state index in [1.807, 2.05) is 41.9 Å². The highest BCUT2D eigenvalue weighted by Crippen LogP contribution is 2.20. The van der Waals surface area contributed by atoms with Gasteiger partial charge in [0.1, 0.15) is 10.1 Å². The second-order valence-electron chi connectivity index (χ2n) is 4.94. The van der Waals surface area contributed by atoms with Gasteiger partial charge in [-0.2, -0.15) is 0 Å². The number of aromatic nitrogens is 1. The lowest BCUT2D eigenvalue weighted by Gasteiger charge is -2.12. The van der Waals surface area contributed by atoms with Crippen molar-refractivity contribution >= 4 is 29.1 Å². The van der Waals surface area contributed by atoms with E-state index < -0.39 is 0 Å². The lowest BCUT2D eigenvalue weighted by Crippen LogP contribution is -2.38. The predicted octanol–water partition coefficient (Wildman–Crippen LogP) is 3.26. The van der Waals surface area contributed by atoms with Crippen LogP contribution in [0.2, 0.25) is 0 Å². The summed E-state index contributed by atoms with van der Waals surface area (Å²) < 4.78 is 6.80. The van der Waals surface area contributed by atoms with Gasteiger partial charge in [-0.05, 0) is 25.0 Å². The molecule has 7 heteroatoms. The molecule has 0 unspecified atom stereocenters. The van der Waals surface area contributed by atoms with Gasteiger partial charge >= 0.3 is 0 Å². The number of nitrogens with one attached hydrogen (secondary N) is 2. The third-order valence-electron chi connectivity index (χ3n) is 3.10. The number of rotatable bonds is 10. The maximum absolute atomic E-state index is 5.66. The van der Waals surface area contributed by atoms with Crippen molar-refractivity contribution in [3.05, 3.63) is 41.9 Å². The summed E-state index contributed by atoms with van der Waals surface area (Å²) >= 11 is 3.49. The Hall–Kier alpha value is -1.73. The van der Waals surface area contributed by atoms with Crippen molar-refractivity contribution < 1.29 is 4.74 Å². The Morgan fingerprint density at radius 3 is 2.71 bits per heavy atom. The lowest BCUT2D eigenvalue weighted by molar-refractivity contribution is 0.311. The van der Waals surface area contributed by atoms with Gasteiger partial charge in [-0.15, -0.1) is 11.3 Å². The first-order chi connectivity index (χ1) is 11.9. The van der Waals surface area contributed by atoms with Gasteiger partial charge in [0, 0.05) is 37.5 Å². The number of para-hydroxylation sites is 1. The molecule has 0 aliphatic heterocycles. The predicted molar refractivity (Wildman–Crippen MR) is 103 cm³/mol. The van der Waals surface area contributed by atoms with Gasteiger partial charge in [0.05, 0.1) is 6.61 Å². The standard InChI is InChI=1S/C17H24N4OS2/c1-18-16(20-10-6-13-23-17-21-11-14-24-17)19-9-5-12-22-15-7-3-2-4-8-15/h2-4,7-8,11,14H,5-6,9-10,12-13H2,1H3,(H2,18,19,20). The first-order valence-electron chi connectivity index (χ1n) is 8.03. The molecule has 0 amide bonds. The molecular weight excluding hydrogens is 340 g/mol. The van der Waals surface area contributed by atoms with Crippen molar-refractivity contribution in [1.82, 2.24) is 15.6 Å². The van der Waals surface area contributed by atoms with Gasteiger partial charge in [0.25, 0.3) is 0 Å². The lowest BCUT2D eigenvalue weighted by atomic mass is 10.3. The molecule has 1 heterocycles. The highest BCUT2D eigenvalue weighted by atomic mass is 32.2. The molecule has 0 aliphatic carbocycles. The van der Waals surface area contributed by atoms with Crippen LogP contribution in [0.4, 0.5) is 0 Å². The Morgan fingerprint density at radius 2 is 2.00 bits per heavy atom. The molecule has 1 aromatic heterocycles. The van der Waals surface area contributed by atoms with Crippen LogP contribution in [-0.2, 0) is 0 Å². The van der Waals surface area contributed by atoms with Gasteiger partial charge in [-0.3, -0.25) is 4.99 Å². The zero-order chi connectivity index (χ0) is 16.9. The smallest absolute Gasteiger partial charge is 0.190 e. The van der Waals surface area contributed by atoms with Crippen molar-refractivity contribution in [2.75, 3.05) is 32.5 Å². The van der Waals surface area contributed by atoms with Crippen LogP contribution >= 0.6 is 23.1 Å². The molecule has 0 spiro atoms. The fourth-order valence-corrected chi connectivity index (χ4v) is 3.57. The van der Waals surface area contributed by atoms with E-state index in [1.54, 1.807) is 30.1 Å². The van der Waals surface area contributed by atoms with E-state index in [0.29, 0.717) is 6.61 Å². The van der Waals surface area contributed by atoms with Crippen LogP contribution in [0.3, 0.4) is 0 Å². The minimum absolute atomic E-state index is 0.693. The number of hydrogen-bond donors (Lipinski definition) is 2. The first kappa shape index (κ1) is 18.6. The van der Waals surface area contributed by atoms with E-state index in [2.05, 4.69) is 20.6 Å². The van der Waals surface area contributed by atoms with Crippen LogP contribution in [0.1, 0.15) is 12.8 Å². The van der Waals surface area contributed by atoms with E-state index in [9.17, 15) is 0 Å². The fraction of sp³-hybridized carbons (Fsp3) is 0.412. The second-order valence-corrected chi connectivity index (χ2v) is 7.18. The Balaban J connectivity index is 1.48. The molecular formula is C17H24N4OS2. The van der Waals surface area contributed by atoms with Crippen molar-refractivity contribution in [2.24, 2.45) is 4.99 Å². The maximum atomic E-state index is 5.66. The summed E-state index contributed by atoms with van der Waals surface area (Å²) in [5.41, 5.74) is 0. The third-order valence-corrected chi connectivity index (χ3v) is 5.15. The van der Waals surface area contributed by atoms with Gasteiger partial charge in [-0.25, -0.2) is 4.98 Å². The van der Waals surface area contributed by atoms with Crippen molar-refractivity contribution in [1.29, 1.82) is 0 Å². The summed E-state index contributed by atoms with van der Waals surface area (Å²) in [5.74, 6) is 2.81. The van der Waals surface area contributed by atoms with Crippen LogP contribution in [0.25, 0.3) is 0 Å². The maximum Gasteiger partial charge on any atom is 0.190 e. The number of nitrogens with zero attached hydrogens (tertiary/aromatic N) is 2. The minimum atomic E-state index is 0.693. The molecule has 5 nitrogen and oxygen atoms in total. The summed E-state index contributed by atoms with van der Waals surface area (Å²) in [5, 5.41) is 8.64. The van der Waals surface area contributed by atoms with Crippen LogP contribution in [-0.4, -0.2) is 43.4 Å². The molecule has 2 aromatic rings. The molecule has 0 radical (unpaired) electrons. The number of guanidine groups is 1. The Kier molecular flexibility index (Phi) is 9.11. The SMILES string of the molecule is CN=C(NCCCOc1ccccc1)NCCCSc1nccs1. The highest BCUT2D eigenvalue weighted by Gasteiger charge is 1.99. The quantitative estimate of drug-likeness (QED) is 0.293.